The number of carbonyl (C=O) groups is 1. The van der Waals surface area contributed by atoms with Gasteiger partial charge in [0.05, 0.1) is 17.1 Å². The molecule has 124 valence electrons. The van der Waals surface area contributed by atoms with Crippen LogP contribution < -0.4 is 5.32 Å². The molecule has 1 aliphatic carbocycles. The van der Waals surface area contributed by atoms with Crippen LogP contribution in [0.2, 0.25) is 0 Å². The Bertz CT molecular complexity index is 711. The van der Waals surface area contributed by atoms with Crippen molar-refractivity contribution in [1.29, 1.82) is 0 Å². The second-order valence-electron chi connectivity index (χ2n) is 7.61. The molecule has 0 aliphatic heterocycles. The Hall–Kier alpha value is -2.04. The van der Waals surface area contributed by atoms with Gasteiger partial charge in [-0.25, -0.2) is 9.78 Å². The molecular formula is C18H25N3O2. The number of nitrogens with zero attached hydrogens (tertiary/aromatic N) is 2. The number of hydrogen-bond acceptors (Lipinski definition) is 2. The number of para-hydroxylation sites is 2. The minimum Gasteiger partial charge on any atom is -0.465 e. The van der Waals surface area contributed by atoms with Crippen LogP contribution in [0.25, 0.3) is 11.0 Å². The third-order valence-corrected chi connectivity index (χ3v) is 4.74. The van der Waals surface area contributed by atoms with Gasteiger partial charge in [-0.3, -0.25) is 0 Å². The van der Waals surface area contributed by atoms with Crippen LogP contribution in [-0.4, -0.2) is 20.8 Å². The fourth-order valence-corrected chi connectivity index (χ4v) is 3.23. The summed E-state index contributed by atoms with van der Waals surface area (Å²) in [5.74, 6) is 1.50. The number of fused-ring (bicyclic) bond motifs is 1. The normalized spacial score (nSPS) is 17.0. The fourth-order valence-electron chi connectivity index (χ4n) is 3.23. The van der Waals surface area contributed by atoms with Crippen molar-refractivity contribution in [2.24, 2.45) is 11.3 Å². The molecule has 1 aromatic heterocycles. The molecule has 1 amide bonds. The molecule has 1 aromatic carbocycles. The topological polar surface area (TPSA) is 67.2 Å². The van der Waals surface area contributed by atoms with Crippen molar-refractivity contribution in [1.82, 2.24) is 14.9 Å². The summed E-state index contributed by atoms with van der Waals surface area (Å²) >= 11 is 0. The first-order chi connectivity index (χ1) is 10.9. The number of hydrogen-bond donors (Lipinski definition) is 2. The second-order valence-corrected chi connectivity index (χ2v) is 7.61. The molecule has 2 aromatic rings. The first kappa shape index (κ1) is 15.8. The van der Waals surface area contributed by atoms with Gasteiger partial charge in [0, 0.05) is 6.54 Å². The summed E-state index contributed by atoms with van der Waals surface area (Å²) in [4.78, 5) is 16.1. The van der Waals surface area contributed by atoms with E-state index in [1.54, 1.807) is 0 Å². The number of aromatic nitrogens is 2. The monoisotopic (exact) mass is 315 g/mol. The summed E-state index contributed by atoms with van der Waals surface area (Å²) in [6, 6.07) is 7.72. The van der Waals surface area contributed by atoms with Crippen LogP contribution in [0.5, 0.6) is 0 Å². The van der Waals surface area contributed by atoms with Crippen molar-refractivity contribution in [3.05, 3.63) is 30.1 Å². The highest BCUT2D eigenvalue weighted by Gasteiger charge is 2.33. The molecule has 23 heavy (non-hydrogen) atoms. The second kappa shape index (κ2) is 5.87. The Balaban J connectivity index is 2.09. The minimum absolute atomic E-state index is 0.253. The van der Waals surface area contributed by atoms with E-state index in [0.717, 1.165) is 23.4 Å². The van der Waals surface area contributed by atoms with Gasteiger partial charge in [-0.2, -0.15) is 0 Å². The third kappa shape index (κ3) is 3.19. The summed E-state index contributed by atoms with van der Waals surface area (Å²) in [6.07, 6.45) is 2.78. The molecular weight excluding hydrogens is 290 g/mol. The molecule has 0 bridgehead atoms. The van der Waals surface area contributed by atoms with Crippen LogP contribution >= 0.6 is 0 Å². The molecule has 1 saturated carbocycles. The van der Waals surface area contributed by atoms with Crippen molar-refractivity contribution in [2.45, 2.75) is 52.6 Å². The van der Waals surface area contributed by atoms with Crippen LogP contribution in [0.4, 0.5) is 4.79 Å². The highest BCUT2D eigenvalue weighted by Crippen LogP contribution is 2.36. The highest BCUT2D eigenvalue weighted by molar-refractivity contribution is 5.76. The van der Waals surface area contributed by atoms with Crippen LogP contribution in [0, 0.1) is 11.3 Å². The zero-order chi connectivity index (χ0) is 16.6. The van der Waals surface area contributed by atoms with Crippen molar-refractivity contribution in [3.8, 4) is 0 Å². The lowest BCUT2D eigenvalue weighted by Gasteiger charge is -2.32. The van der Waals surface area contributed by atoms with E-state index in [1.165, 1.54) is 19.3 Å². The van der Waals surface area contributed by atoms with Crippen LogP contribution in [0.15, 0.2) is 24.3 Å². The van der Waals surface area contributed by atoms with Gasteiger partial charge in [-0.15, -0.1) is 0 Å². The first-order valence-corrected chi connectivity index (χ1v) is 8.31. The maximum atomic E-state index is 11.3. The number of carboxylic acid groups (broad SMARTS) is 1. The van der Waals surface area contributed by atoms with Crippen LogP contribution in [0.1, 0.15) is 51.9 Å². The van der Waals surface area contributed by atoms with Gasteiger partial charge < -0.3 is 15.0 Å². The Morgan fingerprint density at radius 2 is 2.09 bits per heavy atom. The Morgan fingerprint density at radius 3 is 2.65 bits per heavy atom. The fraction of sp³-hybridized carbons (Fsp3) is 0.556. The van der Waals surface area contributed by atoms with Gasteiger partial charge in [0.15, 0.2) is 0 Å². The lowest BCUT2D eigenvalue weighted by molar-refractivity contribution is 0.170. The molecule has 3 rings (SSSR count). The maximum Gasteiger partial charge on any atom is 0.405 e. The Labute approximate surface area is 136 Å². The summed E-state index contributed by atoms with van der Waals surface area (Å²) in [5.41, 5.74) is 1.77. The Kier molecular flexibility index (Phi) is 4.04. The van der Waals surface area contributed by atoms with Crippen LogP contribution in [-0.2, 0) is 6.54 Å². The number of rotatable bonds is 4. The zero-order valence-corrected chi connectivity index (χ0v) is 14.0. The van der Waals surface area contributed by atoms with Crippen molar-refractivity contribution >= 4 is 17.1 Å². The van der Waals surface area contributed by atoms with E-state index >= 15 is 0 Å². The van der Waals surface area contributed by atoms with Gasteiger partial charge in [0.1, 0.15) is 5.82 Å². The predicted molar refractivity (Wildman–Crippen MR) is 90.4 cm³/mol. The number of nitrogens with one attached hydrogen (secondary N) is 1. The van der Waals surface area contributed by atoms with Crippen molar-refractivity contribution in [2.75, 3.05) is 0 Å². The van der Waals surface area contributed by atoms with Crippen LogP contribution in [0.3, 0.4) is 0 Å². The average Bonchev–Trinajstić information content (AvgIpc) is 2.77. The molecule has 5 nitrogen and oxygen atoms in total. The third-order valence-electron chi connectivity index (χ3n) is 4.74. The molecule has 5 heteroatoms. The van der Waals surface area contributed by atoms with Gasteiger partial charge >= 0.3 is 6.09 Å². The quantitative estimate of drug-likeness (QED) is 0.889. The number of imidazole rings is 1. The van der Waals surface area contributed by atoms with E-state index in [0.29, 0.717) is 5.92 Å². The zero-order valence-electron chi connectivity index (χ0n) is 14.0. The number of amides is 1. The summed E-state index contributed by atoms with van der Waals surface area (Å²) in [6.45, 7) is 7.05. The van der Waals surface area contributed by atoms with Crippen molar-refractivity contribution < 1.29 is 9.90 Å². The van der Waals surface area contributed by atoms with E-state index < -0.39 is 6.09 Å². The largest absolute Gasteiger partial charge is 0.465 e. The molecule has 1 aliphatic rings. The van der Waals surface area contributed by atoms with Crippen molar-refractivity contribution in [3.63, 3.8) is 0 Å². The Morgan fingerprint density at radius 1 is 1.39 bits per heavy atom. The smallest absolute Gasteiger partial charge is 0.405 e. The summed E-state index contributed by atoms with van der Waals surface area (Å²) < 4.78 is 2.23. The highest BCUT2D eigenvalue weighted by atomic mass is 16.4. The number of benzene rings is 1. The molecule has 0 spiro atoms. The lowest BCUT2D eigenvalue weighted by Crippen LogP contribution is -2.38. The van der Waals surface area contributed by atoms with E-state index in [9.17, 15) is 9.90 Å². The van der Waals surface area contributed by atoms with E-state index in [4.69, 9.17) is 4.98 Å². The molecule has 0 saturated heterocycles. The minimum atomic E-state index is -1.01. The molecule has 1 unspecified atom stereocenters. The molecule has 1 atom stereocenters. The van der Waals surface area contributed by atoms with Gasteiger partial charge in [0.2, 0.25) is 0 Å². The molecule has 0 radical (unpaired) electrons. The molecule has 1 fully saturated rings. The standard InChI is InChI=1S/C18H25N3O2/c1-18(2,3)15(20-17(22)23)16-19-13-9-4-5-10-14(13)21(16)11-12-7-6-8-12/h4-5,9-10,12,15,20H,6-8,11H2,1-3H3,(H,22,23). The van der Waals surface area contributed by atoms with E-state index in [1.807, 2.05) is 39.0 Å². The van der Waals surface area contributed by atoms with E-state index in [2.05, 4.69) is 16.0 Å². The first-order valence-electron chi connectivity index (χ1n) is 8.31. The average molecular weight is 315 g/mol. The summed E-state index contributed by atoms with van der Waals surface area (Å²) in [7, 11) is 0. The van der Waals surface area contributed by atoms with Gasteiger partial charge in [-0.05, 0) is 36.3 Å². The predicted octanol–water partition coefficient (Wildman–Crippen LogP) is 4.19. The SMILES string of the molecule is CC(C)(C)C(NC(=O)O)c1nc2ccccc2n1CC1CCC1. The molecule has 2 N–H and O–H groups in total. The van der Waals surface area contributed by atoms with E-state index in [-0.39, 0.29) is 11.5 Å². The maximum absolute atomic E-state index is 11.3. The lowest BCUT2D eigenvalue weighted by atomic mass is 9.84. The summed E-state index contributed by atoms with van der Waals surface area (Å²) in [5, 5.41) is 11.9. The van der Waals surface area contributed by atoms with Gasteiger partial charge in [0.25, 0.3) is 0 Å². The molecule has 1 heterocycles. The van der Waals surface area contributed by atoms with Gasteiger partial charge in [-0.1, -0.05) is 39.3 Å².